The molecule has 0 saturated carbocycles. The maximum atomic E-state index is 11.9. The Kier molecular flexibility index (Phi) is 5.73. The zero-order chi connectivity index (χ0) is 13.7. The summed E-state index contributed by atoms with van der Waals surface area (Å²) < 4.78 is 28.6. The van der Waals surface area contributed by atoms with Gasteiger partial charge in [-0.25, -0.2) is 8.78 Å². The standard InChI is InChI=1S/C14H21F2NOS/c1-10(17-6-7-18-9-14(15)16)13-8-11-4-2-3-5-12(11)19-13/h8,10,14,17H,2-7,9H2,1H3. The summed E-state index contributed by atoms with van der Waals surface area (Å²) in [5.41, 5.74) is 1.51. The van der Waals surface area contributed by atoms with Crippen LogP contribution in [0.5, 0.6) is 0 Å². The van der Waals surface area contributed by atoms with E-state index in [1.54, 1.807) is 0 Å². The summed E-state index contributed by atoms with van der Waals surface area (Å²) in [6, 6.07) is 2.57. The number of thiophene rings is 1. The lowest BCUT2D eigenvalue weighted by Gasteiger charge is -2.12. The van der Waals surface area contributed by atoms with E-state index in [-0.39, 0.29) is 6.04 Å². The minimum absolute atomic E-state index is 0.269. The number of nitrogens with one attached hydrogen (secondary N) is 1. The fourth-order valence-corrected chi connectivity index (χ4v) is 3.63. The molecule has 0 bridgehead atoms. The van der Waals surface area contributed by atoms with E-state index >= 15 is 0 Å². The van der Waals surface area contributed by atoms with Gasteiger partial charge in [0.15, 0.2) is 0 Å². The summed E-state index contributed by atoms with van der Waals surface area (Å²) >= 11 is 1.89. The first-order valence-corrected chi connectivity index (χ1v) is 7.69. The summed E-state index contributed by atoms with van der Waals surface area (Å²) in [6.45, 7) is 2.59. The quantitative estimate of drug-likeness (QED) is 0.775. The van der Waals surface area contributed by atoms with Crippen molar-refractivity contribution >= 4 is 11.3 Å². The van der Waals surface area contributed by atoms with Crippen molar-refractivity contribution in [1.82, 2.24) is 5.32 Å². The van der Waals surface area contributed by atoms with Gasteiger partial charge in [0.2, 0.25) is 0 Å². The molecule has 0 saturated heterocycles. The Hall–Kier alpha value is -0.520. The third kappa shape index (κ3) is 4.51. The van der Waals surface area contributed by atoms with Crippen molar-refractivity contribution in [3.8, 4) is 0 Å². The molecule has 1 atom stereocenters. The summed E-state index contributed by atoms with van der Waals surface area (Å²) in [7, 11) is 0. The second kappa shape index (κ2) is 7.31. The molecule has 0 amide bonds. The molecule has 0 spiro atoms. The normalized spacial score (nSPS) is 16.6. The highest BCUT2D eigenvalue weighted by molar-refractivity contribution is 7.12. The maximum absolute atomic E-state index is 11.9. The van der Waals surface area contributed by atoms with E-state index in [9.17, 15) is 8.78 Å². The molecule has 19 heavy (non-hydrogen) atoms. The minimum Gasteiger partial charge on any atom is -0.374 e. The van der Waals surface area contributed by atoms with Crippen molar-refractivity contribution in [2.75, 3.05) is 19.8 Å². The molecule has 1 aromatic heterocycles. The van der Waals surface area contributed by atoms with Gasteiger partial charge in [0.05, 0.1) is 6.61 Å². The fraction of sp³-hybridized carbons (Fsp3) is 0.714. The van der Waals surface area contributed by atoms with E-state index in [4.69, 9.17) is 4.74 Å². The van der Waals surface area contributed by atoms with Crippen molar-refractivity contribution in [2.45, 2.75) is 45.1 Å². The second-order valence-corrected chi connectivity index (χ2v) is 6.11. The first-order chi connectivity index (χ1) is 9.16. The average molecular weight is 289 g/mol. The van der Waals surface area contributed by atoms with Crippen LogP contribution in [0.3, 0.4) is 0 Å². The highest BCUT2D eigenvalue weighted by Crippen LogP contribution is 2.32. The molecule has 2 nitrogen and oxygen atoms in total. The molecule has 1 heterocycles. The largest absolute Gasteiger partial charge is 0.374 e. The molecular weight excluding hydrogens is 268 g/mol. The molecule has 5 heteroatoms. The number of fused-ring (bicyclic) bond motifs is 1. The molecule has 2 rings (SSSR count). The number of rotatable bonds is 7. The van der Waals surface area contributed by atoms with Crippen molar-refractivity contribution in [3.63, 3.8) is 0 Å². The van der Waals surface area contributed by atoms with Crippen molar-refractivity contribution in [2.24, 2.45) is 0 Å². The zero-order valence-electron chi connectivity index (χ0n) is 11.3. The molecule has 0 aliphatic heterocycles. The number of alkyl halides is 2. The van der Waals surface area contributed by atoms with Crippen molar-refractivity contribution in [1.29, 1.82) is 0 Å². The smallest absolute Gasteiger partial charge is 0.261 e. The molecule has 1 N–H and O–H groups in total. The van der Waals surface area contributed by atoms with E-state index in [0.29, 0.717) is 13.2 Å². The molecule has 108 valence electrons. The summed E-state index contributed by atoms with van der Waals surface area (Å²) in [5.74, 6) is 0. The zero-order valence-corrected chi connectivity index (χ0v) is 12.1. The molecule has 1 aromatic rings. The van der Waals surface area contributed by atoms with Gasteiger partial charge in [0.25, 0.3) is 6.43 Å². The molecular formula is C14H21F2NOS. The van der Waals surface area contributed by atoms with E-state index in [1.807, 2.05) is 11.3 Å². The van der Waals surface area contributed by atoms with Gasteiger partial charge in [-0.15, -0.1) is 11.3 Å². The van der Waals surface area contributed by atoms with E-state index < -0.39 is 13.0 Å². The lowest BCUT2D eigenvalue weighted by Crippen LogP contribution is -2.23. The van der Waals surface area contributed by atoms with Crippen LogP contribution in [0.4, 0.5) is 8.78 Å². The predicted molar refractivity (Wildman–Crippen MR) is 74.2 cm³/mol. The van der Waals surface area contributed by atoms with Crippen LogP contribution in [0.2, 0.25) is 0 Å². The molecule has 0 fully saturated rings. The summed E-state index contributed by atoms with van der Waals surface area (Å²) in [5, 5.41) is 3.32. The first-order valence-electron chi connectivity index (χ1n) is 6.87. The Balaban J connectivity index is 1.73. The van der Waals surface area contributed by atoms with Crippen LogP contribution in [0.1, 0.15) is 41.1 Å². The lowest BCUT2D eigenvalue weighted by molar-refractivity contribution is 0.0183. The van der Waals surface area contributed by atoms with Crippen LogP contribution in [0.25, 0.3) is 0 Å². The van der Waals surface area contributed by atoms with Crippen molar-refractivity contribution in [3.05, 3.63) is 21.4 Å². The number of ether oxygens (including phenoxy) is 1. The second-order valence-electron chi connectivity index (χ2n) is 4.95. The Morgan fingerprint density at radius 2 is 2.16 bits per heavy atom. The van der Waals surface area contributed by atoms with Crippen LogP contribution in [-0.2, 0) is 17.6 Å². The molecule has 0 aromatic carbocycles. The van der Waals surface area contributed by atoms with Gasteiger partial charge in [-0.2, -0.15) is 0 Å². The van der Waals surface area contributed by atoms with Crippen LogP contribution >= 0.6 is 11.3 Å². The minimum atomic E-state index is -2.37. The van der Waals surface area contributed by atoms with Crippen LogP contribution in [-0.4, -0.2) is 26.2 Å². The first kappa shape index (κ1) is 14.9. The van der Waals surface area contributed by atoms with E-state index in [2.05, 4.69) is 18.3 Å². The number of hydrogen-bond donors (Lipinski definition) is 1. The van der Waals surface area contributed by atoms with E-state index in [0.717, 1.165) is 0 Å². The van der Waals surface area contributed by atoms with Crippen molar-refractivity contribution < 1.29 is 13.5 Å². The fourth-order valence-electron chi connectivity index (χ4n) is 2.35. The Morgan fingerprint density at radius 1 is 1.37 bits per heavy atom. The molecule has 1 aliphatic carbocycles. The van der Waals surface area contributed by atoms with Gasteiger partial charge in [0.1, 0.15) is 6.61 Å². The van der Waals surface area contributed by atoms with Crippen LogP contribution < -0.4 is 5.32 Å². The number of aryl methyl sites for hydroxylation is 2. The van der Waals surface area contributed by atoms with Crippen LogP contribution in [0, 0.1) is 0 Å². The Morgan fingerprint density at radius 3 is 2.89 bits per heavy atom. The predicted octanol–water partition coefficient (Wildman–Crippen LogP) is 3.56. The summed E-state index contributed by atoms with van der Waals surface area (Å²) in [6.07, 6.45) is 2.64. The van der Waals surface area contributed by atoms with Crippen LogP contribution in [0.15, 0.2) is 6.07 Å². The van der Waals surface area contributed by atoms with Gasteiger partial charge in [0, 0.05) is 22.3 Å². The molecule has 0 radical (unpaired) electrons. The topological polar surface area (TPSA) is 21.3 Å². The SMILES string of the molecule is CC(NCCOCC(F)F)c1cc2c(s1)CCCC2. The summed E-state index contributed by atoms with van der Waals surface area (Å²) in [4.78, 5) is 2.88. The monoisotopic (exact) mass is 289 g/mol. The van der Waals surface area contributed by atoms with Gasteiger partial charge in [-0.05, 0) is 44.2 Å². The van der Waals surface area contributed by atoms with Gasteiger partial charge >= 0.3 is 0 Å². The Bertz CT molecular complexity index is 371. The highest BCUT2D eigenvalue weighted by Gasteiger charge is 2.16. The third-order valence-corrected chi connectivity index (χ3v) is 4.80. The third-order valence-electron chi connectivity index (χ3n) is 3.38. The van der Waals surface area contributed by atoms with Gasteiger partial charge < -0.3 is 10.1 Å². The molecule has 1 aliphatic rings. The maximum Gasteiger partial charge on any atom is 0.261 e. The number of halogens is 2. The molecule has 1 unspecified atom stereocenters. The highest BCUT2D eigenvalue weighted by atomic mass is 32.1. The number of hydrogen-bond acceptors (Lipinski definition) is 3. The Labute approximate surface area is 117 Å². The lowest BCUT2D eigenvalue weighted by atomic mass is 9.99. The van der Waals surface area contributed by atoms with Gasteiger partial charge in [-0.3, -0.25) is 0 Å². The van der Waals surface area contributed by atoms with Gasteiger partial charge in [-0.1, -0.05) is 0 Å². The van der Waals surface area contributed by atoms with E-state index in [1.165, 1.54) is 41.0 Å². The average Bonchev–Trinajstić information content (AvgIpc) is 2.81.